The van der Waals surface area contributed by atoms with Crippen molar-refractivity contribution >= 4 is 23.3 Å². The molecule has 2 aliphatic rings. The number of allylic oxidation sites excluding steroid dienone is 3. The molecule has 1 saturated carbocycles. The quantitative estimate of drug-likeness (QED) is 0.299. The average molecular weight is 499 g/mol. The minimum atomic E-state index is -0.410. The second-order valence-corrected chi connectivity index (χ2v) is 9.64. The fourth-order valence-corrected chi connectivity index (χ4v) is 4.65. The molecule has 0 saturated heterocycles. The van der Waals surface area contributed by atoms with Crippen LogP contribution in [-0.4, -0.2) is 33.4 Å². The van der Waals surface area contributed by atoms with Crippen LogP contribution in [0.2, 0.25) is 0 Å². The van der Waals surface area contributed by atoms with E-state index in [4.69, 9.17) is 0 Å². The van der Waals surface area contributed by atoms with Crippen molar-refractivity contribution in [3.8, 4) is 11.4 Å². The molecule has 1 atom stereocenters. The number of amides is 1. The molecule has 2 N–H and O–H groups in total. The molecule has 0 spiro atoms. The van der Waals surface area contributed by atoms with Gasteiger partial charge in [-0.05, 0) is 87.1 Å². The van der Waals surface area contributed by atoms with Gasteiger partial charge in [0, 0.05) is 30.4 Å². The van der Waals surface area contributed by atoms with Crippen LogP contribution >= 0.6 is 0 Å². The zero-order valence-electron chi connectivity index (χ0n) is 21.6. The van der Waals surface area contributed by atoms with E-state index in [0.29, 0.717) is 41.1 Å². The number of aryl methyl sites for hydroxylation is 2. The topological polar surface area (TPSA) is 84.2 Å². The lowest BCUT2D eigenvalue weighted by Gasteiger charge is -2.09. The Balaban J connectivity index is 1.42. The molecule has 3 aromatic rings. The van der Waals surface area contributed by atoms with E-state index in [2.05, 4.69) is 32.3 Å². The van der Waals surface area contributed by atoms with Gasteiger partial charge in [0.15, 0.2) is 5.82 Å². The smallest absolute Gasteiger partial charge is 0.252 e. The number of fused-ring (bicyclic) bond motifs is 1. The molecule has 190 valence electrons. The Hall–Kier alpha value is -4.07. The first-order chi connectivity index (χ1) is 17.8. The molecule has 8 heteroatoms. The summed E-state index contributed by atoms with van der Waals surface area (Å²) in [6.45, 7) is 10.5. The molecule has 1 aliphatic carbocycles. The molecule has 1 aromatic heterocycles. The van der Waals surface area contributed by atoms with E-state index in [9.17, 15) is 4.79 Å². The fraction of sp³-hybridized carbons (Fsp3) is 0.310. The summed E-state index contributed by atoms with van der Waals surface area (Å²) in [7, 11) is 1.71. The lowest BCUT2D eigenvalue weighted by atomic mass is 9.99. The van der Waals surface area contributed by atoms with E-state index < -0.39 is 5.82 Å². The Labute approximate surface area is 216 Å². The number of carbonyl (C=O) groups excluding carboxylic acids is 1. The highest BCUT2D eigenvalue weighted by Gasteiger charge is 2.26. The molecule has 5 rings (SSSR count). The number of nitrogens with one attached hydrogen (secondary N) is 2. The van der Waals surface area contributed by atoms with Crippen molar-refractivity contribution in [3.63, 3.8) is 0 Å². The number of aliphatic imine (C=N–C) groups is 1. The summed E-state index contributed by atoms with van der Waals surface area (Å²) in [5.41, 5.74) is 6.12. The SMILES string of the molecule is C=C(/C=C\C(=N/C)c1cc(F)c(-c2nc(Nc3ccc4c(c3)C(C)NC4=O)n(CC)n2)cc1C)C1CC1. The van der Waals surface area contributed by atoms with Crippen molar-refractivity contribution in [2.45, 2.75) is 46.2 Å². The zero-order valence-corrected chi connectivity index (χ0v) is 21.6. The van der Waals surface area contributed by atoms with Crippen molar-refractivity contribution in [1.82, 2.24) is 20.1 Å². The molecule has 1 aliphatic heterocycles. The number of nitrogens with zero attached hydrogens (tertiary/aromatic N) is 4. The largest absolute Gasteiger partial charge is 0.345 e. The first-order valence-electron chi connectivity index (χ1n) is 12.6. The minimum absolute atomic E-state index is 0.0578. The summed E-state index contributed by atoms with van der Waals surface area (Å²) in [6, 6.07) is 8.78. The summed E-state index contributed by atoms with van der Waals surface area (Å²) in [5, 5.41) is 10.8. The third kappa shape index (κ3) is 4.83. The Morgan fingerprint density at radius 2 is 2.05 bits per heavy atom. The Morgan fingerprint density at radius 1 is 1.27 bits per heavy atom. The summed E-state index contributed by atoms with van der Waals surface area (Å²) >= 11 is 0. The van der Waals surface area contributed by atoms with E-state index >= 15 is 4.39 Å². The highest BCUT2D eigenvalue weighted by molar-refractivity contribution is 6.10. The van der Waals surface area contributed by atoms with Gasteiger partial charge < -0.3 is 10.6 Å². The Morgan fingerprint density at radius 3 is 2.76 bits per heavy atom. The number of rotatable bonds is 8. The van der Waals surface area contributed by atoms with Crippen molar-refractivity contribution in [3.05, 3.63) is 82.7 Å². The fourth-order valence-electron chi connectivity index (χ4n) is 4.65. The van der Waals surface area contributed by atoms with Gasteiger partial charge in [-0.1, -0.05) is 18.2 Å². The van der Waals surface area contributed by atoms with Gasteiger partial charge in [0.1, 0.15) is 5.82 Å². The molecule has 1 amide bonds. The van der Waals surface area contributed by atoms with Crippen LogP contribution in [0.25, 0.3) is 11.4 Å². The van der Waals surface area contributed by atoms with Crippen LogP contribution in [0.15, 0.2) is 59.6 Å². The first kappa shape index (κ1) is 24.6. The van der Waals surface area contributed by atoms with E-state index in [-0.39, 0.29) is 11.9 Å². The van der Waals surface area contributed by atoms with Crippen LogP contribution in [0.5, 0.6) is 0 Å². The average Bonchev–Trinajstić information content (AvgIpc) is 3.60. The lowest BCUT2D eigenvalue weighted by molar-refractivity contribution is 0.0958. The van der Waals surface area contributed by atoms with Gasteiger partial charge in [-0.25, -0.2) is 9.07 Å². The summed E-state index contributed by atoms with van der Waals surface area (Å²) in [5.74, 6) is 0.890. The van der Waals surface area contributed by atoms with Crippen LogP contribution in [-0.2, 0) is 6.54 Å². The van der Waals surface area contributed by atoms with Gasteiger partial charge in [-0.2, -0.15) is 4.98 Å². The molecule has 1 fully saturated rings. The summed E-state index contributed by atoms with van der Waals surface area (Å²) < 4.78 is 17.1. The van der Waals surface area contributed by atoms with E-state index in [1.165, 1.54) is 18.9 Å². The molecule has 0 bridgehead atoms. The minimum Gasteiger partial charge on any atom is -0.345 e. The molecule has 2 aromatic carbocycles. The standard InChI is InChI=1S/C29H31FN6O/c1-6-36-29(33-20-10-11-21-23(14-20)18(4)32-28(21)37)34-27(35-36)24-13-17(3)22(15-25(24)30)26(31-5)12-7-16(2)19-8-9-19/h7,10-15,18-19H,2,6,8-9H2,1,3-5H3,(H,32,37)(H,33,34,35)/b12-7-,31-26+. The van der Waals surface area contributed by atoms with E-state index in [1.54, 1.807) is 23.9 Å². The lowest BCUT2D eigenvalue weighted by Crippen LogP contribution is -2.16. The number of hydrogen-bond acceptors (Lipinski definition) is 5. The van der Waals surface area contributed by atoms with Crippen molar-refractivity contribution in [2.75, 3.05) is 12.4 Å². The van der Waals surface area contributed by atoms with Crippen LogP contribution in [0.4, 0.5) is 16.0 Å². The normalized spacial score (nSPS) is 17.3. The third-order valence-corrected chi connectivity index (χ3v) is 6.97. The van der Waals surface area contributed by atoms with Crippen LogP contribution in [0.3, 0.4) is 0 Å². The van der Waals surface area contributed by atoms with Gasteiger partial charge in [0.2, 0.25) is 5.95 Å². The number of carbonyl (C=O) groups is 1. The number of aromatic nitrogens is 3. The Bertz CT molecular complexity index is 1460. The summed E-state index contributed by atoms with van der Waals surface area (Å²) in [4.78, 5) is 21.0. The molecule has 0 radical (unpaired) electrons. The van der Waals surface area contributed by atoms with Crippen molar-refractivity contribution < 1.29 is 9.18 Å². The molecule has 7 nitrogen and oxygen atoms in total. The first-order valence-corrected chi connectivity index (χ1v) is 12.6. The van der Waals surface area contributed by atoms with Gasteiger partial charge >= 0.3 is 0 Å². The predicted octanol–water partition coefficient (Wildman–Crippen LogP) is 5.90. The maximum absolute atomic E-state index is 15.4. The van der Waals surface area contributed by atoms with Gasteiger partial charge in [0.05, 0.1) is 17.3 Å². The highest BCUT2D eigenvalue weighted by Crippen LogP contribution is 2.36. The van der Waals surface area contributed by atoms with Gasteiger partial charge in [0.25, 0.3) is 5.91 Å². The number of halogens is 1. The number of hydrogen-bond donors (Lipinski definition) is 2. The van der Waals surface area contributed by atoms with Gasteiger partial charge in [-0.15, -0.1) is 5.10 Å². The predicted molar refractivity (Wildman–Crippen MR) is 145 cm³/mol. The second kappa shape index (κ2) is 9.76. The second-order valence-electron chi connectivity index (χ2n) is 9.64. The molecular weight excluding hydrogens is 467 g/mol. The van der Waals surface area contributed by atoms with Gasteiger partial charge in [-0.3, -0.25) is 9.79 Å². The number of anilines is 2. The molecule has 1 unspecified atom stereocenters. The van der Waals surface area contributed by atoms with Crippen molar-refractivity contribution in [2.24, 2.45) is 10.9 Å². The van der Waals surface area contributed by atoms with E-state index in [1.807, 2.05) is 45.1 Å². The monoisotopic (exact) mass is 498 g/mol. The van der Waals surface area contributed by atoms with Crippen LogP contribution in [0.1, 0.15) is 59.8 Å². The Kier molecular flexibility index (Phi) is 6.50. The summed E-state index contributed by atoms with van der Waals surface area (Å²) in [6.07, 6.45) is 6.26. The maximum Gasteiger partial charge on any atom is 0.252 e. The van der Waals surface area contributed by atoms with Crippen LogP contribution < -0.4 is 10.6 Å². The molecule has 37 heavy (non-hydrogen) atoms. The maximum atomic E-state index is 15.4. The molecular formula is C29H31FN6O. The van der Waals surface area contributed by atoms with Crippen molar-refractivity contribution in [1.29, 1.82) is 0 Å². The zero-order chi connectivity index (χ0) is 26.3. The van der Waals surface area contributed by atoms with E-state index in [0.717, 1.165) is 28.0 Å². The number of benzene rings is 2. The molecule has 2 heterocycles. The highest BCUT2D eigenvalue weighted by atomic mass is 19.1. The third-order valence-electron chi connectivity index (χ3n) is 6.97. The van der Waals surface area contributed by atoms with Crippen LogP contribution in [0, 0.1) is 18.7 Å².